The Labute approximate surface area is 135 Å². The molecular weight excluding hydrogens is 320 g/mol. The molecule has 0 saturated heterocycles. The number of ketones is 1. The number of halogens is 2. The summed E-state index contributed by atoms with van der Waals surface area (Å²) in [5, 5.41) is 13.1. The standard InChI is InChI=1S/C17H13F2NO4/c1-24-15-7-10(19)2-4-11(15)14(21)8-17(23)12-6-9(18)3-5-13(12)20-16(17)22/h2-7,23H,8H2,1H3,(H,20,22)/t17-/m1/s1. The van der Waals surface area contributed by atoms with Gasteiger partial charge < -0.3 is 15.2 Å². The highest BCUT2D eigenvalue weighted by Crippen LogP contribution is 2.40. The van der Waals surface area contributed by atoms with Gasteiger partial charge in [0.15, 0.2) is 11.4 Å². The van der Waals surface area contributed by atoms with Crippen molar-refractivity contribution in [1.29, 1.82) is 0 Å². The first-order valence-corrected chi connectivity index (χ1v) is 7.06. The molecule has 0 aromatic heterocycles. The van der Waals surface area contributed by atoms with Gasteiger partial charge in [-0.15, -0.1) is 0 Å². The molecule has 1 aliphatic rings. The Bertz CT molecular complexity index is 852. The largest absolute Gasteiger partial charge is 0.496 e. The molecule has 5 nitrogen and oxygen atoms in total. The van der Waals surface area contributed by atoms with Crippen molar-refractivity contribution in [3.05, 3.63) is 59.2 Å². The van der Waals surface area contributed by atoms with Gasteiger partial charge in [0.2, 0.25) is 0 Å². The molecule has 1 aliphatic heterocycles. The summed E-state index contributed by atoms with van der Waals surface area (Å²) in [6.07, 6.45) is -0.628. The minimum atomic E-state index is -2.20. The number of aliphatic hydroxyl groups is 1. The number of hydrogen-bond acceptors (Lipinski definition) is 4. The van der Waals surface area contributed by atoms with E-state index in [0.717, 1.165) is 24.3 Å². The molecule has 0 fully saturated rings. The van der Waals surface area contributed by atoms with Crippen molar-refractivity contribution in [1.82, 2.24) is 0 Å². The molecule has 0 bridgehead atoms. The molecule has 0 radical (unpaired) electrons. The number of ether oxygens (including phenoxy) is 1. The molecule has 124 valence electrons. The van der Waals surface area contributed by atoms with Crippen molar-refractivity contribution >= 4 is 17.4 Å². The molecule has 2 N–H and O–H groups in total. The Morgan fingerprint density at radius 3 is 2.58 bits per heavy atom. The van der Waals surface area contributed by atoms with Crippen LogP contribution in [0.5, 0.6) is 5.75 Å². The number of Topliss-reactive ketones (excluding diaryl/α,β-unsaturated/α-hetero) is 1. The van der Waals surface area contributed by atoms with Crippen molar-refractivity contribution in [2.24, 2.45) is 0 Å². The number of carbonyl (C=O) groups is 2. The maximum absolute atomic E-state index is 13.5. The average Bonchev–Trinajstić information content (AvgIpc) is 2.78. The number of anilines is 1. The predicted octanol–water partition coefficient (Wildman–Crippen LogP) is 2.39. The topological polar surface area (TPSA) is 75.6 Å². The van der Waals surface area contributed by atoms with Crippen molar-refractivity contribution in [2.75, 3.05) is 12.4 Å². The number of methoxy groups -OCH3 is 1. The minimum absolute atomic E-state index is 0.0121. The van der Waals surface area contributed by atoms with Crippen LogP contribution in [0.25, 0.3) is 0 Å². The number of nitrogens with one attached hydrogen (secondary N) is 1. The molecule has 2 aromatic rings. The van der Waals surface area contributed by atoms with Crippen molar-refractivity contribution in [3.63, 3.8) is 0 Å². The molecule has 1 atom stereocenters. The monoisotopic (exact) mass is 333 g/mol. The number of benzene rings is 2. The van der Waals surface area contributed by atoms with Gasteiger partial charge in [-0.05, 0) is 30.3 Å². The Kier molecular flexibility index (Phi) is 3.81. The molecule has 2 aromatic carbocycles. The molecule has 1 amide bonds. The third kappa shape index (κ3) is 2.52. The number of carbonyl (C=O) groups excluding carboxylic acids is 2. The first kappa shape index (κ1) is 16.1. The highest BCUT2D eigenvalue weighted by molar-refractivity contribution is 6.09. The minimum Gasteiger partial charge on any atom is -0.496 e. The van der Waals surface area contributed by atoms with Crippen LogP contribution in [-0.4, -0.2) is 23.9 Å². The van der Waals surface area contributed by atoms with E-state index in [1.54, 1.807) is 0 Å². The molecule has 24 heavy (non-hydrogen) atoms. The Hall–Kier alpha value is -2.80. The van der Waals surface area contributed by atoms with Gasteiger partial charge in [0.1, 0.15) is 17.4 Å². The van der Waals surface area contributed by atoms with Gasteiger partial charge in [0, 0.05) is 17.3 Å². The lowest BCUT2D eigenvalue weighted by atomic mass is 9.88. The van der Waals surface area contributed by atoms with Gasteiger partial charge in [-0.3, -0.25) is 9.59 Å². The second-order valence-electron chi connectivity index (χ2n) is 5.45. The summed E-state index contributed by atoms with van der Waals surface area (Å²) >= 11 is 0. The van der Waals surface area contributed by atoms with Crippen LogP contribution < -0.4 is 10.1 Å². The first-order chi connectivity index (χ1) is 11.3. The average molecular weight is 333 g/mol. The zero-order chi connectivity index (χ0) is 17.5. The highest BCUT2D eigenvalue weighted by atomic mass is 19.1. The van der Waals surface area contributed by atoms with Crippen molar-refractivity contribution in [2.45, 2.75) is 12.0 Å². The number of amides is 1. The lowest BCUT2D eigenvalue weighted by Crippen LogP contribution is -2.36. The van der Waals surface area contributed by atoms with Crippen molar-refractivity contribution in [3.8, 4) is 5.75 Å². The summed E-state index contributed by atoms with van der Waals surface area (Å²) in [6, 6.07) is 6.75. The number of hydrogen-bond donors (Lipinski definition) is 2. The summed E-state index contributed by atoms with van der Waals surface area (Å²) in [6.45, 7) is 0. The van der Waals surface area contributed by atoms with E-state index in [-0.39, 0.29) is 22.6 Å². The lowest BCUT2D eigenvalue weighted by Gasteiger charge is -2.20. The fourth-order valence-corrected chi connectivity index (χ4v) is 2.71. The Morgan fingerprint density at radius 1 is 1.21 bits per heavy atom. The summed E-state index contributed by atoms with van der Waals surface area (Å²) < 4.78 is 31.7. The van der Waals surface area contributed by atoms with Gasteiger partial charge >= 0.3 is 0 Å². The van der Waals surface area contributed by atoms with Gasteiger partial charge in [-0.2, -0.15) is 0 Å². The van der Waals surface area contributed by atoms with Gasteiger partial charge in [-0.1, -0.05) is 0 Å². The van der Waals surface area contributed by atoms with Crippen LogP contribution >= 0.6 is 0 Å². The smallest absolute Gasteiger partial charge is 0.261 e. The van der Waals surface area contributed by atoms with E-state index in [1.165, 1.54) is 19.2 Å². The zero-order valence-electron chi connectivity index (χ0n) is 12.6. The molecular formula is C17H13F2NO4. The predicted molar refractivity (Wildman–Crippen MR) is 80.8 cm³/mol. The van der Waals surface area contributed by atoms with Crippen LogP contribution in [0.3, 0.4) is 0 Å². The van der Waals surface area contributed by atoms with Crippen LogP contribution in [0.1, 0.15) is 22.3 Å². The van der Waals surface area contributed by atoms with E-state index in [4.69, 9.17) is 4.74 Å². The van der Waals surface area contributed by atoms with E-state index in [1.807, 2.05) is 0 Å². The highest BCUT2D eigenvalue weighted by Gasteiger charge is 2.47. The van der Waals surface area contributed by atoms with E-state index in [0.29, 0.717) is 0 Å². The molecule has 0 spiro atoms. The Balaban J connectivity index is 1.98. The summed E-state index contributed by atoms with van der Waals surface area (Å²) in [7, 11) is 1.27. The van der Waals surface area contributed by atoms with E-state index in [2.05, 4.69) is 5.32 Å². The van der Waals surface area contributed by atoms with Crippen LogP contribution in [-0.2, 0) is 10.4 Å². The van der Waals surface area contributed by atoms with Gasteiger partial charge in [-0.25, -0.2) is 8.78 Å². The quantitative estimate of drug-likeness (QED) is 0.843. The second kappa shape index (κ2) is 5.68. The van der Waals surface area contributed by atoms with Crippen LogP contribution in [0.15, 0.2) is 36.4 Å². The van der Waals surface area contributed by atoms with E-state index in [9.17, 15) is 23.5 Å². The van der Waals surface area contributed by atoms with E-state index < -0.39 is 35.3 Å². The number of rotatable bonds is 4. The van der Waals surface area contributed by atoms with Gasteiger partial charge in [0.05, 0.1) is 19.1 Å². The normalized spacial score (nSPS) is 18.9. The molecule has 7 heteroatoms. The first-order valence-electron chi connectivity index (χ1n) is 7.06. The van der Waals surface area contributed by atoms with Crippen LogP contribution in [0.2, 0.25) is 0 Å². The fourth-order valence-electron chi connectivity index (χ4n) is 2.71. The van der Waals surface area contributed by atoms with Crippen molar-refractivity contribution < 1.29 is 28.2 Å². The molecule has 0 aliphatic carbocycles. The summed E-state index contributed by atoms with van der Waals surface area (Å²) in [4.78, 5) is 24.6. The fraction of sp³-hybridized carbons (Fsp3) is 0.176. The SMILES string of the molecule is COc1cc(F)ccc1C(=O)C[C@]1(O)C(=O)Nc2ccc(F)cc21. The summed E-state index contributed by atoms with van der Waals surface area (Å²) in [5.41, 5.74) is -1.96. The maximum Gasteiger partial charge on any atom is 0.261 e. The van der Waals surface area contributed by atoms with Gasteiger partial charge in [0.25, 0.3) is 5.91 Å². The molecule has 1 heterocycles. The molecule has 0 unspecified atom stereocenters. The Morgan fingerprint density at radius 2 is 1.88 bits per heavy atom. The number of fused-ring (bicyclic) bond motifs is 1. The zero-order valence-corrected chi connectivity index (χ0v) is 12.6. The second-order valence-corrected chi connectivity index (χ2v) is 5.45. The third-order valence-electron chi connectivity index (χ3n) is 3.93. The molecule has 0 saturated carbocycles. The summed E-state index contributed by atoms with van der Waals surface area (Å²) in [5.74, 6) is -2.70. The maximum atomic E-state index is 13.5. The molecule has 3 rings (SSSR count). The third-order valence-corrected chi connectivity index (χ3v) is 3.93. The van der Waals surface area contributed by atoms with Crippen LogP contribution in [0.4, 0.5) is 14.5 Å². The van der Waals surface area contributed by atoms with E-state index >= 15 is 0 Å². The van der Waals surface area contributed by atoms with Crippen LogP contribution in [0, 0.1) is 11.6 Å². The lowest BCUT2D eigenvalue weighted by molar-refractivity contribution is -0.133.